The molecule has 1 aliphatic carbocycles. The zero-order chi connectivity index (χ0) is 21.7. The summed E-state index contributed by atoms with van der Waals surface area (Å²) in [7, 11) is 0. The Morgan fingerprint density at radius 1 is 1.13 bits per heavy atom. The lowest BCUT2D eigenvalue weighted by atomic mass is 9.87. The normalized spacial score (nSPS) is 21.5. The van der Waals surface area contributed by atoms with Crippen LogP contribution in [0.4, 0.5) is 5.69 Å². The van der Waals surface area contributed by atoms with Crippen molar-refractivity contribution in [3.8, 4) is 0 Å². The summed E-state index contributed by atoms with van der Waals surface area (Å²) in [5.74, 6) is 0.390. The van der Waals surface area contributed by atoms with Crippen molar-refractivity contribution >= 4 is 23.5 Å². The van der Waals surface area contributed by atoms with Crippen molar-refractivity contribution in [3.05, 3.63) is 29.8 Å². The number of ether oxygens (including phenoxy) is 1. The first-order valence-corrected chi connectivity index (χ1v) is 11.3. The minimum absolute atomic E-state index is 0.112. The molecule has 0 radical (unpaired) electrons. The fourth-order valence-electron chi connectivity index (χ4n) is 4.76. The maximum atomic E-state index is 13.1. The highest BCUT2D eigenvalue weighted by molar-refractivity contribution is 6.10. The van der Waals surface area contributed by atoms with Crippen LogP contribution in [-0.4, -0.2) is 67.8 Å². The molecule has 31 heavy (non-hydrogen) atoms. The maximum absolute atomic E-state index is 13.1. The molecule has 2 heterocycles. The van der Waals surface area contributed by atoms with Crippen LogP contribution in [0.1, 0.15) is 48.9 Å². The van der Waals surface area contributed by atoms with Gasteiger partial charge in [-0.3, -0.25) is 14.6 Å². The zero-order valence-electron chi connectivity index (χ0n) is 18.1. The number of hydrogen-bond acceptors (Lipinski definition) is 8. The Balaban J connectivity index is 1.48. The third-order valence-electron chi connectivity index (χ3n) is 6.28. The number of nitrogens with two attached hydrogens (primary N) is 2. The molecular weight excluding hydrogens is 394 g/mol. The number of hydrogen-bond donors (Lipinski definition) is 3. The van der Waals surface area contributed by atoms with Crippen LogP contribution in [0.3, 0.4) is 0 Å². The van der Waals surface area contributed by atoms with Crippen molar-refractivity contribution < 1.29 is 9.53 Å². The quantitative estimate of drug-likeness (QED) is 0.588. The molecular formula is C22H33N7O2. The summed E-state index contributed by atoms with van der Waals surface area (Å²) in [5, 5.41) is 3.07. The van der Waals surface area contributed by atoms with Gasteiger partial charge in [0, 0.05) is 19.6 Å². The van der Waals surface area contributed by atoms with Crippen LogP contribution >= 0.6 is 0 Å². The van der Waals surface area contributed by atoms with E-state index in [9.17, 15) is 4.79 Å². The number of guanidine groups is 2. The first-order valence-electron chi connectivity index (χ1n) is 11.3. The Hall–Kier alpha value is -2.65. The number of morpholine rings is 1. The van der Waals surface area contributed by atoms with Gasteiger partial charge >= 0.3 is 0 Å². The van der Waals surface area contributed by atoms with Crippen LogP contribution in [0.5, 0.6) is 0 Å². The van der Waals surface area contributed by atoms with Crippen LogP contribution in [0, 0.1) is 0 Å². The summed E-state index contributed by atoms with van der Waals surface area (Å²) in [6, 6.07) is 7.53. The molecule has 2 aliphatic heterocycles. The molecule has 3 aliphatic rings. The number of carbonyl (C=O) groups is 1. The summed E-state index contributed by atoms with van der Waals surface area (Å²) in [4.78, 5) is 26.3. The van der Waals surface area contributed by atoms with Crippen molar-refractivity contribution in [2.75, 3.05) is 44.3 Å². The van der Waals surface area contributed by atoms with Gasteiger partial charge in [0.2, 0.25) is 11.9 Å². The average molecular weight is 428 g/mol. The largest absolute Gasteiger partial charge is 0.379 e. The topological polar surface area (TPSA) is 122 Å². The number of benzene rings is 1. The van der Waals surface area contributed by atoms with E-state index in [0.29, 0.717) is 18.1 Å². The van der Waals surface area contributed by atoms with Gasteiger partial charge < -0.3 is 21.5 Å². The molecule has 1 aromatic carbocycles. The Morgan fingerprint density at radius 3 is 2.65 bits per heavy atom. The first kappa shape index (κ1) is 21.6. The molecule has 9 nitrogen and oxygen atoms in total. The number of amides is 1. The molecule has 1 amide bonds. The summed E-state index contributed by atoms with van der Waals surface area (Å²) in [5.41, 5.74) is 13.1. The molecule has 4 rings (SSSR count). The number of rotatable bonds is 6. The van der Waals surface area contributed by atoms with Crippen molar-refractivity contribution in [3.63, 3.8) is 0 Å². The summed E-state index contributed by atoms with van der Waals surface area (Å²) in [6.07, 6.45) is 5.80. The fraction of sp³-hybridized carbons (Fsp3) is 0.591. The van der Waals surface area contributed by atoms with Crippen LogP contribution in [0.15, 0.2) is 34.3 Å². The molecule has 1 saturated heterocycles. The Morgan fingerprint density at radius 2 is 1.87 bits per heavy atom. The summed E-state index contributed by atoms with van der Waals surface area (Å²) < 4.78 is 5.38. The molecule has 0 bridgehead atoms. The van der Waals surface area contributed by atoms with Crippen LogP contribution < -0.4 is 21.7 Å². The number of aliphatic imine (C=N–C) groups is 2. The van der Waals surface area contributed by atoms with E-state index in [0.717, 1.165) is 77.1 Å². The van der Waals surface area contributed by atoms with Crippen LogP contribution in [-0.2, 0) is 4.74 Å². The third-order valence-corrected chi connectivity index (χ3v) is 6.28. The second kappa shape index (κ2) is 9.65. The molecule has 168 valence electrons. The molecule has 2 fully saturated rings. The van der Waals surface area contributed by atoms with Crippen LogP contribution in [0.2, 0.25) is 0 Å². The molecule has 5 N–H and O–H groups in total. The van der Waals surface area contributed by atoms with E-state index in [1.807, 2.05) is 29.2 Å². The SMILES string of the molecule is NC1=NC2(CCCCC2)N(c2ccccc2C(=O)NCCCN2CCOCC2)C(N)=N1. The Bertz CT molecular complexity index is 842. The molecule has 1 saturated carbocycles. The Labute approximate surface area is 183 Å². The standard InChI is InChI=1S/C22H33N7O2/c23-20-26-21(24)29(22(27-20)9-4-1-5-10-22)18-8-3-2-7-17(18)19(30)25-11-6-12-28-13-15-31-16-14-28/h2-3,7-8H,1,4-6,9-16H2,(H,25,30)(H4,23,24,26,27). The number of anilines is 1. The lowest BCUT2D eigenvalue weighted by molar-refractivity contribution is 0.0374. The average Bonchev–Trinajstić information content (AvgIpc) is 2.77. The predicted molar refractivity (Wildman–Crippen MR) is 122 cm³/mol. The fourth-order valence-corrected chi connectivity index (χ4v) is 4.76. The highest BCUT2D eigenvalue weighted by Gasteiger charge is 2.43. The van der Waals surface area contributed by atoms with Crippen molar-refractivity contribution in [1.29, 1.82) is 0 Å². The molecule has 9 heteroatoms. The third kappa shape index (κ3) is 4.83. The van der Waals surface area contributed by atoms with Gasteiger partial charge in [-0.2, -0.15) is 4.99 Å². The molecule has 0 unspecified atom stereocenters. The minimum Gasteiger partial charge on any atom is -0.379 e. The highest BCUT2D eigenvalue weighted by atomic mass is 16.5. The van der Waals surface area contributed by atoms with E-state index in [1.54, 1.807) is 0 Å². The van der Waals surface area contributed by atoms with Crippen LogP contribution in [0.25, 0.3) is 0 Å². The smallest absolute Gasteiger partial charge is 0.253 e. The van der Waals surface area contributed by atoms with Gasteiger partial charge in [-0.1, -0.05) is 18.6 Å². The minimum atomic E-state index is -0.569. The van der Waals surface area contributed by atoms with Gasteiger partial charge in [-0.05, 0) is 50.8 Å². The van der Waals surface area contributed by atoms with Crippen molar-refractivity contribution in [2.45, 2.75) is 44.2 Å². The highest BCUT2D eigenvalue weighted by Crippen LogP contribution is 2.40. The number of nitrogens with zero attached hydrogens (tertiary/aromatic N) is 4. The van der Waals surface area contributed by atoms with Gasteiger partial charge in [0.05, 0.1) is 24.5 Å². The van der Waals surface area contributed by atoms with E-state index < -0.39 is 5.66 Å². The molecule has 1 aromatic rings. The maximum Gasteiger partial charge on any atom is 0.253 e. The summed E-state index contributed by atoms with van der Waals surface area (Å²) in [6.45, 7) is 5.05. The van der Waals surface area contributed by atoms with Crippen molar-refractivity contribution in [1.82, 2.24) is 10.2 Å². The number of carbonyl (C=O) groups excluding carboxylic acids is 1. The van der Waals surface area contributed by atoms with E-state index in [-0.39, 0.29) is 11.9 Å². The lowest BCUT2D eigenvalue weighted by Gasteiger charge is -2.46. The van der Waals surface area contributed by atoms with E-state index in [4.69, 9.17) is 21.2 Å². The number of nitrogens with one attached hydrogen (secondary N) is 1. The monoisotopic (exact) mass is 427 g/mol. The molecule has 0 atom stereocenters. The van der Waals surface area contributed by atoms with Gasteiger partial charge in [-0.25, -0.2) is 4.99 Å². The van der Waals surface area contributed by atoms with Gasteiger partial charge in [0.25, 0.3) is 5.91 Å². The van der Waals surface area contributed by atoms with Gasteiger partial charge in [0.15, 0.2) is 0 Å². The van der Waals surface area contributed by atoms with E-state index in [2.05, 4.69) is 15.2 Å². The second-order valence-corrected chi connectivity index (χ2v) is 8.40. The van der Waals surface area contributed by atoms with Crippen molar-refractivity contribution in [2.24, 2.45) is 21.5 Å². The zero-order valence-corrected chi connectivity index (χ0v) is 18.1. The van der Waals surface area contributed by atoms with Gasteiger partial charge in [-0.15, -0.1) is 0 Å². The molecule has 0 aromatic heterocycles. The first-order chi connectivity index (χ1) is 15.1. The molecule has 1 spiro atoms. The number of para-hydroxylation sites is 1. The second-order valence-electron chi connectivity index (χ2n) is 8.40. The van der Waals surface area contributed by atoms with E-state index in [1.165, 1.54) is 0 Å². The lowest BCUT2D eigenvalue weighted by Crippen LogP contribution is -2.58. The van der Waals surface area contributed by atoms with Gasteiger partial charge in [0.1, 0.15) is 5.66 Å². The Kier molecular flexibility index (Phi) is 6.72. The predicted octanol–water partition coefficient (Wildman–Crippen LogP) is 1.25. The summed E-state index contributed by atoms with van der Waals surface area (Å²) >= 11 is 0. The van der Waals surface area contributed by atoms with E-state index >= 15 is 0 Å².